The molecule has 4 nitrogen and oxygen atoms in total. The van der Waals surface area contributed by atoms with E-state index in [-0.39, 0.29) is 5.91 Å². The average Bonchev–Trinajstić information content (AvgIpc) is 2.67. The summed E-state index contributed by atoms with van der Waals surface area (Å²) in [7, 11) is 1.93. The summed E-state index contributed by atoms with van der Waals surface area (Å²) in [5.74, 6) is 0.105. The van der Waals surface area contributed by atoms with Crippen LogP contribution >= 0.6 is 0 Å². The number of hydrogen-bond acceptors (Lipinski definition) is 2. The third-order valence-electron chi connectivity index (χ3n) is 4.52. The van der Waals surface area contributed by atoms with Gasteiger partial charge in [0, 0.05) is 18.8 Å². The summed E-state index contributed by atoms with van der Waals surface area (Å²) in [6.07, 6.45) is 4.59. The smallest absolute Gasteiger partial charge is 0.257 e. The molecule has 1 N–H and O–H groups in total. The number of amides is 1. The Labute approximate surface area is 115 Å². The van der Waals surface area contributed by atoms with E-state index in [9.17, 15) is 4.79 Å². The van der Waals surface area contributed by atoms with Crippen LogP contribution in [-0.4, -0.2) is 34.1 Å². The minimum atomic E-state index is 0.105. The number of nitrogens with one attached hydrogen (secondary N) is 1. The molecule has 1 aliphatic rings. The molecular formula is C15H25N3O. The zero-order valence-electron chi connectivity index (χ0n) is 12.7. The van der Waals surface area contributed by atoms with Crippen molar-refractivity contribution < 1.29 is 4.79 Å². The summed E-state index contributed by atoms with van der Waals surface area (Å²) in [5.41, 5.74) is 2.84. The molecule has 1 amide bonds. The summed E-state index contributed by atoms with van der Waals surface area (Å²) < 4.78 is 0. The summed E-state index contributed by atoms with van der Waals surface area (Å²) in [6, 6.07) is 0.370. The van der Waals surface area contributed by atoms with Crippen LogP contribution in [0.5, 0.6) is 0 Å². The van der Waals surface area contributed by atoms with Gasteiger partial charge in [-0.3, -0.25) is 9.89 Å². The van der Waals surface area contributed by atoms with E-state index in [4.69, 9.17) is 0 Å². The molecule has 0 radical (unpaired) electrons. The largest absolute Gasteiger partial charge is 0.339 e. The van der Waals surface area contributed by atoms with Gasteiger partial charge in [0.2, 0.25) is 0 Å². The fourth-order valence-corrected chi connectivity index (χ4v) is 2.98. The second kappa shape index (κ2) is 4.99. The molecule has 1 aromatic heterocycles. The first-order valence-electron chi connectivity index (χ1n) is 7.10. The van der Waals surface area contributed by atoms with Crippen LogP contribution in [0.3, 0.4) is 0 Å². The van der Waals surface area contributed by atoms with E-state index in [2.05, 4.69) is 24.0 Å². The fraction of sp³-hybridized carbons (Fsp3) is 0.733. The molecule has 0 atom stereocenters. The number of rotatable bonds is 2. The summed E-state index contributed by atoms with van der Waals surface area (Å²) in [4.78, 5) is 14.5. The molecule has 106 valence electrons. The Kier molecular flexibility index (Phi) is 3.70. The highest BCUT2D eigenvalue weighted by atomic mass is 16.2. The maximum atomic E-state index is 12.6. The molecular weight excluding hydrogens is 238 g/mol. The first-order valence-corrected chi connectivity index (χ1v) is 7.10. The van der Waals surface area contributed by atoms with Crippen molar-refractivity contribution in [1.82, 2.24) is 15.1 Å². The number of nitrogens with zero attached hydrogens (tertiary/aromatic N) is 2. The monoisotopic (exact) mass is 263 g/mol. The third-order valence-corrected chi connectivity index (χ3v) is 4.52. The number of hydrogen-bond donors (Lipinski definition) is 1. The minimum absolute atomic E-state index is 0.105. The lowest BCUT2D eigenvalue weighted by atomic mass is 9.75. The highest BCUT2D eigenvalue weighted by Gasteiger charge is 2.31. The van der Waals surface area contributed by atoms with Crippen LogP contribution in [0.4, 0.5) is 0 Å². The van der Waals surface area contributed by atoms with Crippen molar-refractivity contribution >= 4 is 5.91 Å². The van der Waals surface area contributed by atoms with E-state index in [1.165, 1.54) is 12.8 Å². The lowest BCUT2D eigenvalue weighted by Crippen LogP contribution is -2.41. The zero-order chi connectivity index (χ0) is 14.2. The van der Waals surface area contributed by atoms with E-state index in [1.54, 1.807) is 0 Å². The number of aromatic amines is 1. The van der Waals surface area contributed by atoms with Gasteiger partial charge in [0.1, 0.15) is 0 Å². The quantitative estimate of drug-likeness (QED) is 0.891. The molecule has 1 aromatic rings. The SMILES string of the molecule is Cc1n[nH]c(C)c1C(=O)N(C)C1CCC(C)(C)CC1. The average molecular weight is 263 g/mol. The first kappa shape index (κ1) is 14.1. The van der Waals surface area contributed by atoms with Crippen LogP contribution in [-0.2, 0) is 0 Å². The molecule has 2 rings (SSSR count). The molecule has 4 heteroatoms. The second-order valence-corrected chi connectivity index (χ2v) is 6.62. The van der Waals surface area contributed by atoms with Gasteiger partial charge < -0.3 is 4.90 Å². The first-order chi connectivity index (χ1) is 8.82. The van der Waals surface area contributed by atoms with Crippen LogP contribution in [0.2, 0.25) is 0 Å². The van der Waals surface area contributed by atoms with Crippen LogP contribution in [0.1, 0.15) is 61.3 Å². The Hall–Kier alpha value is -1.32. The minimum Gasteiger partial charge on any atom is -0.339 e. The van der Waals surface area contributed by atoms with Crippen LogP contribution in [0.15, 0.2) is 0 Å². The van der Waals surface area contributed by atoms with Crippen molar-refractivity contribution in [3.05, 3.63) is 17.0 Å². The molecule has 0 aliphatic heterocycles. The van der Waals surface area contributed by atoms with Crippen LogP contribution in [0.25, 0.3) is 0 Å². The molecule has 1 saturated carbocycles. The summed E-state index contributed by atoms with van der Waals surface area (Å²) >= 11 is 0. The Morgan fingerprint density at radius 2 is 1.89 bits per heavy atom. The molecule has 0 aromatic carbocycles. The van der Waals surface area contributed by atoms with E-state index >= 15 is 0 Å². The van der Waals surface area contributed by atoms with Crippen LogP contribution < -0.4 is 0 Å². The molecule has 0 saturated heterocycles. The van der Waals surface area contributed by atoms with Crippen LogP contribution in [0, 0.1) is 19.3 Å². The van der Waals surface area contributed by atoms with Gasteiger partial charge in [0.05, 0.1) is 11.3 Å². The third kappa shape index (κ3) is 2.82. The summed E-state index contributed by atoms with van der Waals surface area (Å²) in [6.45, 7) is 8.42. The van der Waals surface area contributed by atoms with Gasteiger partial charge in [-0.05, 0) is 44.9 Å². The van der Waals surface area contributed by atoms with Gasteiger partial charge in [-0.1, -0.05) is 13.8 Å². The standard InChI is InChI=1S/C15H25N3O/c1-10-13(11(2)17-16-10)14(19)18(5)12-6-8-15(3,4)9-7-12/h12H,6-9H2,1-5H3,(H,16,17). The molecule has 19 heavy (non-hydrogen) atoms. The van der Waals surface area contributed by atoms with Crippen molar-refractivity contribution in [2.45, 2.75) is 59.4 Å². The molecule has 1 fully saturated rings. The Morgan fingerprint density at radius 3 is 2.37 bits per heavy atom. The number of carbonyl (C=O) groups is 1. The van der Waals surface area contributed by atoms with Gasteiger partial charge >= 0.3 is 0 Å². The molecule has 1 aliphatic carbocycles. The van der Waals surface area contributed by atoms with Gasteiger partial charge in [-0.25, -0.2) is 0 Å². The highest BCUT2D eigenvalue weighted by Crippen LogP contribution is 2.37. The number of aromatic nitrogens is 2. The van der Waals surface area contributed by atoms with E-state index in [0.717, 1.165) is 29.8 Å². The van der Waals surface area contributed by atoms with E-state index < -0.39 is 0 Å². The fourth-order valence-electron chi connectivity index (χ4n) is 2.98. The zero-order valence-corrected chi connectivity index (χ0v) is 12.7. The van der Waals surface area contributed by atoms with E-state index in [0.29, 0.717) is 11.5 Å². The van der Waals surface area contributed by atoms with Crippen molar-refractivity contribution in [2.75, 3.05) is 7.05 Å². The van der Waals surface area contributed by atoms with Gasteiger partial charge in [0.25, 0.3) is 5.91 Å². The predicted molar refractivity (Wildman–Crippen MR) is 76.2 cm³/mol. The highest BCUT2D eigenvalue weighted by molar-refractivity contribution is 5.96. The van der Waals surface area contributed by atoms with Crippen molar-refractivity contribution in [3.8, 4) is 0 Å². The second-order valence-electron chi connectivity index (χ2n) is 6.62. The predicted octanol–water partition coefficient (Wildman–Crippen LogP) is 3.07. The van der Waals surface area contributed by atoms with Crippen molar-refractivity contribution in [2.24, 2.45) is 5.41 Å². The number of carbonyl (C=O) groups excluding carboxylic acids is 1. The Balaban J connectivity index is 2.09. The molecule has 0 bridgehead atoms. The lowest BCUT2D eigenvalue weighted by Gasteiger charge is -2.38. The van der Waals surface area contributed by atoms with Crippen molar-refractivity contribution in [1.29, 1.82) is 0 Å². The van der Waals surface area contributed by atoms with Crippen molar-refractivity contribution in [3.63, 3.8) is 0 Å². The normalized spacial score (nSPS) is 19.4. The maximum absolute atomic E-state index is 12.6. The van der Waals surface area contributed by atoms with Gasteiger partial charge in [-0.2, -0.15) is 5.10 Å². The molecule has 1 heterocycles. The lowest BCUT2D eigenvalue weighted by molar-refractivity contribution is 0.0634. The number of H-pyrrole nitrogens is 1. The van der Waals surface area contributed by atoms with E-state index in [1.807, 2.05) is 25.8 Å². The molecule has 0 spiro atoms. The molecule has 0 unspecified atom stereocenters. The summed E-state index contributed by atoms with van der Waals surface area (Å²) in [5, 5.41) is 7.01. The van der Waals surface area contributed by atoms with Gasteiger partial charge in [0.15, 0.2) is 0 Å². The maximum Gasteiger partial charge on any atom is 0.257 e. The number of aryl methyl sites for hydroxylation is 2. The topological polar surface area (TPSA) is 49.0 Å². The van der Waals surface area contributed by atoms with Gasteiger partial charge in [-0.15, -0.1) is 0 Å². The Bertz CT molecular complexity index is 446. The Morgan fingerprint density at radius 1 is 1.32 bits per heavy atom.